The van der Waals surface area contributed by atoms with Crippen LogP contribution in [0.5, 0.6) is 0 Å². The normalized spacial score (nSPS) is 14.4. The van der Waals surface area contributed by atoms with Gasteiger partial charge >= 0.3 is 11.8 Å². The SMILES string of the molecule is CCC(NC(=O)C(=O)NC(CC)N(C)C)N(C)C. The molecule has 0 aromatic rings. The Bertz CT molecular complexity index is 251. The number of carbonyl (C=O) groups excluding carboxylic acids is 2. The van der Waals surface area contributed by atoms with Crippen molar-refractivity contribution >= 4 is 11.8 Å². The molecule has 0 spiro atoms. The first-order chi connectivity index (χ1) is 8.33. The molecule has 2 N–H and O–H groups in total. The first kappa shape index (κ1) is 16.9. The molecule has 0 aromatic carbocycles. The zero-order valence-electron chi connectivity index (χ0n) is 12.3. The van der Waals surface area contributed by atoms with Gasteiger partial charge in [0.1, 0.15) is 0 Å². The van der Waals surface area contributed by atoms with Crippen molar-refractivity contribution < 1.29 is 9.59 Å². The third-order valence-electron chi connectivity index (χ3n) is 2.82. The number of rotatable bonds is 6. The van der Waals surface area contributed by atoms with E-state index < -0.39 is 11.8 Å². The minimum Gasteiger partial charge on any atom is -0.332 e. The highest BCUT2D eigenvalue weighted by Gasteiger charge is 2.21. The van der Waals surface area contributed by atoms with Crippen molar-refractivity contribution in [1.82, 2.24) is 20.4 Å². The maximum atomic E-state index is 11.7. The molecule has 0 saturated heterocycles. The van der Waals surface area contributed by atoms with Crippen LogP contribution in [0.3, 0.4) is 0 Å². The number of carbonyl (C=O) groups is 2. The van der Waals surface area contributed by atoms with Gasteiger partial charge in [-0.05, 0) is 41.0 Å². The maximum Gasteiger partial charge on any atom is 0.310 e. The second-order valence-corrected chi connectivity index (χ2v) is 4.72. The van der Waals surface area contributed by atoms with Crippen LogP contribution in [0.2, 0.25) is 0 Å². The van der Waals surface area contributed by atoms with E-state index in [1.807, 2.05) is 51.8 Å². The van der Waals surface area contributed by atoms with Gasteiger partial charge in [-0.1, -0.05) is 13.8 Å². The van der Waals surface area contributed by atoms with Gasteiger partial charge in [0.2, 0.25) is 0 Å². The third-order valence-corrected chi connectivity index (χ3v) is 2.82. The van der Waals surface area contributed by atoms with Crippen LogP contribution in [0.15, 0.2) is 0 Å². The molecule has 0 rings (SSSR count). The lowest BCUT2D eigenvalue weighted by Crippen LogP contribution is -2.53. The zero-order valence-corrected chi connectivity index (χ0v) is 12.3. The van der Waals surface area contributed by atoms with E-state index in [0.29, 0.717) is 0 Å². The van der Waals surface area contributed by atoms with E-state index in [-0.39, 0.29) is 12.3 Å². The van der Waals surface area contributed by atoms with E-state index in [2.05, 4.69) is 10.6 Å². The molecule has 0 radical (unpaired) electrons. The maximum absolute atomic E-state index is 11.7. The van der Waals surface area contributed by atoms with Gasteiger partial charge in [-0.3, -0.25) is 19.4 Å². The highest BCUT2D eigenvalue weighted by atomic mass is 16.2. The van der Waals surface area contributed by atoms with Crippen LogP contribution in [0.25, 0.3) is 0 Å². The lowest BCUT2D eigenvalue weighted by Gasteiger charge is -2.26. The molecule has 0 bridgehead atoms. The molecule has 2 unspecified atom stereocenters. The summed E-state index contributed by atoms with van der Waals surface area (Å²) in [6.07, 6.45) is 1.25. The summed E-state index contributed by atoms with van der Waals surface area (Å²) < 4.78 is 0. The third kappa shape index (κ3) is 5.46. The van der Waals surface area contributed by atoms with Gasteiger partial charge in [-0.2, -0.15) is 0 Å². The molecule has 6 heteroatoms. The van der Waals surface area contributed by atoms with E-state index >= 15 is 0 Å². The minimum absolute atomic E-state index is 0.123. The molecule has 106 valence electrons. The molecular formula is C12H26N4O2. The summed E-state index contributed by atoms with van der Waals surface area (Å²) in [4.78, 5) is 27.2. The summed E-state index contributed by atoms with van der Waals surface area (Å²) >= 11 is 0. The summed E-state index contributed by atoms with van der Waals surface area (Å²) in [5.74, 6) is -1.17. The van der Waals surface area contributed by atoms with Crippen molar-refractivity contribution in [2.75, 3.05) is 28.2 Å². The van der Waals surface area contributed by atoms with Gasteiger partial charge in [0, 0.05) is 0 Å². The van der Waals surface area contributed by atoms with Gasteiger partial charge in [-0.15, -0.1) is 0 Å². The van der Waals surface area contributed by atoms with Crippen LogP contribution in [0.4, 0.5) is 0 Å². The van der Waals surface area contributed by atoms with Crippen molar-refractivity contribution in [2.45, 2.75) is 39.0 Å². The number of amides is 2. The molecule has 0 aliphatic rings. The van der Waals surface area contributed by atoms with E-state index in [1.54, 1.807) is 0 Å². The molecule has 0 heterocycles. The summed E-state index contributed by atoms with van der Waals surface area (Å²) in [5.41, 5.74) is 0. The second-order valence-electron chi connectivity index (χ2n) is 4.72. The molecule has 0 aliphatic carbocycles. The van der Waals surface area contributed by atoms with Crippen molar-refractivity contribution in [3.63, 3.8) is 0 Å². The van der Waals surface area contributed by atoms with E-state index in [1.165, 1.54) is 0 Å². The smallest absolute Gasteiger partial charge is 0.310 e. The summed E-state index contributed by atoms with van der Waals surface area (Å²) in [6.45, 7) is 3.91. The average Bonchev–Trinajstić information content (AvgIpc) is 2.31. The van der Waals surface area contributed by atoms with E-state index in [4.69, 9.17) is 0 Å². The van der Waals surface area contributed by atoms with Crippen LogP contribution in [0, 0.1) is 0 Å². The predicted molar refractivity (Wildman–Crippen MR) is 71.8 cm³/mol. The molecule has 0 aromatic heterocycles. The molecule has 2 atom stereocenters. The van der Waals surface area contributed by atoms with E-state index in [9.17, 15) is 9.59 Å². The monoisotopic (exact) mass is 258 g/mol. The van der Waals surface area contributed by atoms with Crippen molar-refractivity contribution in [3.05, 3.63) is 0 Å². The molecule has 0 saturated carbocycles. The molecular weight excluding hydrogens is 232 g/mol. The standard InChI is InChI=1S/C12H26N4O2/c1-7-9(15(3)4)13-11(17)12(18)14-10(8-2)16(5)6/h9-10H,7-8H2,1-6H3,(H,13,17)(H,14,18). The fourth-order valence-corrected chi connectivity index (χ4v) is 1.63. The summed E-state index contributed by atoms with van der Waals surface area (Å²) in [6, 6.07) is 0. The highest BCUT2D eigenvalue weighted by molar-refractivity contribution is 6.35. The number of hydrogen-bond acceptors (Lipinski definition) is 4. The Hall–Kier alpha value is -1.14. The van der Waals surface area contributed by atoms with Gasteiger partial charge in [0.15, 0.2) is 0 Å². The van der Waals surface area contributed by atoms with Crippen LogP contribution < -0.4 is 10.6 Å². The molecule has 18 heavy (non-hydrogen) atoms. The summed E-state index contributed by atoms with van der Waals surface area (Å²) in [7, 11) is 7.45. The van der Waals surface area contributed by atoms with Crippen LogP contribution in [-0.4, -0.2) is 62.1 Å². The fraction of sp³-hybridized carbons (Fsp3) is 0.833. The first-order valence-corrected chi connectivity index (χ1v) is 6.27. The lowest BCUT2D eigenvalue weighted by molar-refractivity contribution is -0.141. The Labute approximate surface area is 110 Å². The Morgan fingerprint density at radius 2 is 1.11 bits per heavy atom. The zero-order chi connectivity index (χ0) is 14.3. The fourth-order valence-electron chi connectivity index (χ4n) is 1.63. The van der Waals surface area contributed by atoms with Gasteiger partial charge in [0.05, 0.1) is 12.3 Å². The van der Waals surface area contributed by atoms with Crippen LogP contribution >= 0.6 is 0 Å². The topological polar surface area (TPSA) is 64.7 Å². The molecule has 6 nitrogen and oxygen atoms in total. The predicted octanol–water partition coefficient (Wildman–Crippen LogP) is -0.186. The van der Waals surface area contributed by atoms with E-state index in [0.717, 1.165) is 12.8 Å². The number of nitrogens with one attached hydrogen (secondary N) is 2. The first-order valence-electron chi connectivity index (χ1n) is 6.27. The molecule has 2 amide bonds. The Balaban J connectivity index is 4.38. The Morgan fingerprint density at radius 3 is 1.28 bits per heavy atom. The second kappa shape index (κ2) is 8.05. The quantitative estimate of drug-likeness (QED) is 0.512. The Kier molecular flexibility index (Phi) is 7.54. The Morgan fingerprint density at radius 1 is 0.833 bits per heavy atom. The highest BCUT2D eigenvalue weighted by Crippen LogP contribution is 1.96. The van der Waals surface area contributed by atoms with Crippen molar-refractivity contribution in [1.29, 1.82) is 0 Å². The van der Waals surface area contributed by atoms with Gasteiger partial charge in [-0.25, -0.2) is 0 Å². The van der Waals surface area contributed by atoms with Crippen molar-refractivity contribution in [3.8, 4) is 0 Å². The van der Waals surface area contributed by atoms with Crippen LogP contribution in [0.1, 0.15) is 26.7 Å². The minimum atomic E-state index is -0.587. The molecule has 0 aliphatic heterocycles. The van der Waals surface area contributed by atoms with Crippen LogP contribution in [-0.2, 0) is 9.59 Å². The van der Waals surface area contributed by atoms with Crippen molar-refractivity contribution in [2.24, 2.45) is 0 Å². The lowest BCUT2D eigenvalue weighted by atomic mass is 10.3. The largest absolute Gasteiger partial charge is 0.332 e. The van der Waals surface area contributed by atoms with Gasteiger partial charge in [0.25, 0.3) is 0 Å². The van der Waals surface area contributed by atoms with Gasteiger partial charge < -0.3 is 10.6 Å². The summed E-state index contributed by atoms with van der Waals surface area (Å²) in [5, 5.41) is 5.38. The number of hydrogen-bond donors (Lipinski definition) is 2. The molecule has 0 fully saturated rings. The average molecular weight is 258 g/mol. The number of nitrogens with zero attached hydrogens (tertiary/aromatic N) is 2.